The maximum Gasteiger partial charge on any atom is 0.221 e. The highest BCUT2D eigenvalue weighted by Gasteiger charge is 2.08. The van der Waals surface area contributed by atoms with Crippen molar-refractivity contribution in [3.05, 3.63) is 84.4 Å². The van der Waals surface area contributed by atoms with Gasteiger partial charge < -0.3 is 11.5 Å². The molecule has 0 bridgehead atoms. The number of nitrogens with zero attached hydrogens (tertiary/aromatic N) is 2. The SMILES string of the molecule is Cc1ccc(-c2cccc(-c3cc(-c4ccc(N)cc4)nc(N)n3)c2)cc1. The Kier molecular flexibility index (Phi) is 4.30. The normalized spacial score (nSPS) is 10.7. The van der Waals surface area contributed by atoms with Crippen molar-refractivity contribution in [1.29, 1.82) is 0 Å². The van der Waals surface area contributed by atoms with E-state index in [1.54, 1.807) is 0 Å². The Morgan fingerprint density at radius 3 is 1.89 bits per heavy atom. The molecule has 0 saturated heterocycles. The second-order valence-electron chi connectivity index (χ2n) is 6.57. The summed E-state index contributed by atoms with van der Waals surface area (Å²) in [6, 6.07) is 26.3. The van der Waals surface area contributed by atoms with Crippen LogP contribution in [0.2, 0.25) is 0 Å². The van der Waals surface area contributed by atoms with E-state index in [4.69, 9.17) is 11.5 Å². The number of rotatable bonds is 3. The fraction of sp³-hybridized carbons (Fsp3) is 0.0435. The van der Waals surface area contributed by atoms with E-state index in [0.717, 1.165) is 28.1 Å². The molecule has 0 aliphatic carbocycles. The van der Waals surface area contributed by atoms with E-state index >= 15 is 0 Å². The minimum atomic E-state index is 0.250. The van der Waals surface area contributed by atoms with Crippen LogP contribution in [0.3, 0.4) is 0 Å². The zero-order valence-corrected chi connectivity index (χ0v) is 15.1. The second kappa shape index (κ2) is 6.92. The van der Waals surface area contributed by atoms with Gasteiger partial charge in [-0.25, -0.2) is 9.97 Å². The summed E-state index contributed by atoms with van der Waals surface area (Å²) in [7, 11) is 0. The number of hydrogen-bond acceptors (Lipinski definition) is 4. The Morgan fingerprint density at radius 2 is 1.19 bits per heavy atom. The van der Waals surface area contributed by atoms with Crippen molar-refractivity contribution in [3.8, 4) is 33.6 Å². The Balaban J connectivity index is 1.76. The van der Waals surface area contributed by atoms with Gasteiger partial charge in [0, 0.05) is 16.8 Å². The van der Waals surface area contributed by atoms with Crippen LogP contribution >= 0.6 is 0 Å². The quantitative estimate of drug-likeness (QED) is 0.511. The van der Waals surface area contributed by atoms with Crippen LogP contribution in [0, 0.1) is 6.92 Å². The van der Waals surface area contributed by atoms with Gasteiger partial charge in [-0.3, -0.25) is 0 Å². The summed E-state index contributed by atoms with van der Waals surface area (Å²) in [5, 5.41) is 0. The minimum absolute atomic E-state index is 0.250. The Labute approximate surface area is 158 Å². The Morgan fingerprint density at radius 1 is 0.593 bits per heavy atom. The minimum Gasteiger partial charge on any atom is -0.399 e. The van der Waals surface area contributed by atoms with E-state index < -0.39 is 0 Å². The maximum absolute atomic E-state index is 5.98. The number of nitrogens with two attached hydrogens (primary N) is 2. The number of nitrogen functional groups attached to an aromatic ring is 2. The molecule has 3 aromatic carbocycles. The van der Waals surface area contributed by atoms with E-state index in [-0.39, 0.29) is 5.95 Å². The third-order valence-corrected chi connectivity index (χ3v) is 4.49. The van der Waals surface area contributed by atoms with Crippen LogP contribution in [-0.2, 0) is 0 Å². The Hall–Kier alpha value is -3.66. The van der Waals surface area contributed by atoms with Crippen LogP contribution in [0.5, 0.6) is 0 Å². The van der Waals surface area contributed by atoms with Crippen LogP contribution < -0.4 is 11.5 Å². The van der Waals surface area contributed by atoms with E-state index in [2.05, 4.69) is 53.3 Å². The average molecular weight is 352 g/mol. The summed E-state index contributed by atoms with van der Waals surface area (Å²) in [6.07, 6.45) is 0. The van der Waals surface area contributed by atoms with Crippen LogP contribution in [0.4, 0.5) is 11.6 Å². The molecule has 0 atom stereocenters. The first-order valence-corrected chi connectivity index (χ1v) is 8.76. The van der Waals surface area contributed by atoms with Crippen LogP contribution in [0.1, 0.15) is 5.56 Å². The molecular formula is C23H20N4. The van der Waals surface area contributed by atoms with Gasteiger partial charge in [0.25, 0.3) is 0 Å². The maximum atomic E-state index is 5.98. The molecule has 132 valence electrons. The third kappa shape index (κ3) is 3.65. The monoisotopic (exact) mass is 352 g/mol. The lowest BCUT2D eigenvalue weighted by molar-refractivity contribution is 1.19. The lowest BCUT2D eigenvalue weighted by Gasteiger charge is -2.09. The Bertz CT molecular complexity index is 1080. The van der Waals surface area contributed by atoms with Gasteiger partial charge in [-0.1, -0.05) is 60.2 Å². The summed E-state index contributed by atoms with van der Waals surface area (Å²) in [5.41, 5.74) is 19.5. The fourth-order valence-corrected chi connectivity index (χ4v) is 3.02. The summed E-state index contributed by atoms with van der Waals surface area (Å²) in [4.78, 5) is 8.81. The van der Waals surface area contributed by atoms with Crippen LogP contribution in [-0.4, -0.2) is 9.97 Å². The zero-order chi connectivity index (χ0) is 18.8. The first-order valence-electron chi connectivity index (χ1n) is 8.76. The van der Waals surface area contributed by atoms with Crippen molar-refractivity contribution in [2.75, 3.05) is 11.5 Å². The molecule has 0 spiro atoms. The fourth-order valence-electron chi connectivity index (χ4n) is 3.02. The molecule has 0 radical (unpaired) electrons. The van der Waals surface area contributed by atoms with Gasteiger partial charge in [0.1, 0.15) is 0 Å². The van der Waals surface area contributed by atoms with E-state index in [0.29, 0.717) is 5.69 Å². The molecule has 0 amide bonds. The number of anilines is 2. The molecular weight excluding hydrogens is 332 g/mol. The number of benzene rings is 3. The van der Waals surface area contributed by atoms with Gasteiger partial charge in [-0.2, -0.15) is 0 Å². The van der Waals surface area contributed by atoms with E-state index in [1.165, 1.54) is 11.1 Å². The number of aryl methyl sites for hydroxylation is 1. The molecule has 0 saturated carbocycles. The van der Waals surface area contributed by atoms with Gasteiger partial charge in [0.05, 0.1) is 11.4 Å². The molecule has 0 aliphatic heterocycles. The predicted molar refractivity (Wildman–Crippen MR) is 112 cm³/mol. The van der Waals surface area contributed by atoms with Gasteiger partial charge in [-0.05, 0) is 42.3 Å². The van der Waals surface area contributed by atoms with Gasteiger partial charge >= 0.3 is 0 Å². The summed E-state index contributed by atoms with van der Waals surface area (Å²) in [5.74, 6) is 0.250. The summed E-state index contributed by atoms with van der Waals surface area (Å²) < 4.78 is 0. The molecule has 4 nitrogen and oxygen atoms in total. The average Bonchev–Trinajstić information content (AvgIpc) is 2.69. The predicted octanol–water partition coefficient (Wildman–Crippen LogP) is 4.95. The van der Waals surface area contributed by atoms with Crippen molar-refractivity contribution >= 4 is 11.6 Å². The molecule has 4 rings (SSSR count). The molecule has 0 fully saturated rings. The van der Waals surface area contributed by atoms with Crippen molar-refractivity contribution in [1.82, 2.24) is 9.97 Å². The summed E-state index contributed by atoms with van der Waals surface area (Å²) >= 11 is 0. The van der Waals surface area contributed by atoms with Crippen molar-refractivity contribution in [3.63, 3.8) is 0 Å². The lowest BCUT2D eigenvalue weighted by Crippen LogP contribution is -1.99. The molecule has 0 unspecified atom stereocenters. The topological polar surface area (TPSA) is 77.8 Å². The molecule has 4 heteroatoms. The highest BCUT2D eigenvalue weighted by Crippen LogP contribution is 2.28. The van der Waals surface area contributed by atoms with Gasteiger partial charge in [-0.15, -0.1) is 0 Å². The number of hydrogen-bond donors (Lipinski definition) is 2. The smallest absolute Gasteiger partial charge is 0.221 e. The molecule has 0 aliphatic rings. The standard InChI is InChI=1S/C23H20N4/c1-15-5-7-16(8-6-15)18-3-2-4-19(13-18)22-14-21(26-23(25)27-22)17-9-11-20(24)12-10-17/h2-14H,24H2,1H3,(H2,25,26,27). The molecule has 4 N–H and O–H groups in total. The molecule has 1 heterocycles. The molecule has 1 aromatic heterocycles. The first-order chi connectivity index (χ1) is 13.1. The van der Waals surface area contributed by atoms with Crippen LogP contribution in [0.15, 0.2) is 78.9 Å². The lowest BCUT2D eigenvalue weighted by atomic mass is 10.00. The molecule has 4 aromatic rings. The largest absolute Gasteiger partial charge is 0.399 e. The van der Waals surface area contributed by atoms with Gasteiger partial charge in [0.15, 0.2) is 0 Å². The van der Waals surface area contributed by atoms with Crippen molar-refractivity contribution in [2.45, 2.75) is 6.92 Å². The van der Waals surface area contributed by atoms with Crippen LogP contribution in [0.25, 0.3) is 33.6 Å². The van der Waals surface area contributed by atoms with E-state index in [9.17, 15) is 0 Å². The van der Waals surface area contributed by atoms with Gasteiger partial charge in [0.2, 0.25) is 5.95 Å². The van der Waals surface area contributed by atoms with Crippen molar-refractivity contribution < 1.29 is 0 Å². The number of aromatic nitrogens is 2. The highest BCUT2D eigenvalue weighted by atomic mass is 15.0. The summed E-state index contributed by atoms with van der Waals surface area (Å²) in [6.45, 7) is 2.09. The zero-order valence-electron chi connectivity index (χ0n) is 15.1. The molecule has 27 heavy (non-hydrogen) atoms. The third-order valence-electron chi connectivity index (χ3n) is 4.49. The first kappa shape index (κ1) is 16.8. The van der Waals surface area contributed by atoms with E-state index in [1.807, 2.05) is 42.5 Å². The second-order valence-corrected chi connectivity index (χ2v) is 6.57. The highest BCUT2D eigenvalue weighted by molar-refractivity contribution is 5.74. The van der Waals surface area contributed by atoms with Crippen molar-refractivity contribution in [2.24, 2.45) is 0 Å².